The van der Waals surface area contributed by atoms with E-state index in [2.05, 4.69) is 47.6 Å². The molecule has 3 heterocycles. The number of aryl methyl sites for hydroxylation is 1. The third kappa shape index (κ3) is 3.39. The number of nitrogens with zero attached hydrogens (tertiary/aromatic N) is 4. The van der Waals surface area contributed by atoms with Crippen molar-refractivity contribution < 1.29 is 4.79 Å². The highest BCUT2D eigenvalue weighted by molar-refractivity contribution is 7.13. The monoisotopic (exact) mass is 346 g/mol. The maximum Gasteiger partial charge on any atom is 0.239 e. The van der Waals surface area contributed by atoms with Gasteiger partial charge < -0.3 is 4.90 Å². The van der Waals surface area contributed by atoms with E-state index >= 15 is 0 Å². The molecule has 0 radical (unpaired) electrons. The lowest BCUT2D eigenvalue weighted by Crippen LogP contribution is -2.45. The van der Waals surface area contributed by atoms with Crippen molar-refractivity contribution in [2.45, 2.75) is 39.3 Å². The van der Waals surface area contributed by atoms with Crippen LogP contribution in [0.15, 0.2) is 23.7 Å². The van der Waals surface area contributed by atoms with Crippen molar-refractivity contribution in [3.63, 3.8) is 0 Å². The summed E-state index contributed by atoms with van der Waals surface area (Å²) in [5.74, 6) is 0.277. The number of likely N-dealkylation sites (tertiary alicyclic amines) is 1. The van der Waals surface area contributed by atoms with E-state index in [-0.39, 0.29) is 11.9 Å². The highest BCUT2D eigenvalue weighted by Crippen LogP contribution is 2.29. The Morgan fingerprint density at radius 3 is 2.88 bits per heavy atom. The van der Waals surface area contributed by atoms with Crippen LogP contribution in [-0.2, 0) is 18.4 Å². The molecule has 1 aliphatic rings. The van der Waals surface area contributed by atoms with Crippen LogP contribution < -0.4 is 0 Å². The summed E-state index contributed by atoms with van der Waals surface area (Å²) in [6.07, 6.45) is 4.14. The number of amides is 1. The maximum absolute atomic E-state index is 12.8. The Hall–Kier alpha value is -1.66. The summed E-state index contributed by atoms with van der Waals surface area (Å²) in [7, 11) is 1.96. The molecule has 1 amide bonds. The summed E-state index contributed by atoms with van der Waals surface area (Å²) in [6.45, 7) is 7.45. The van der Waals surface area contributed by atoms with E-state index in [0.29, 0.717) is 0 Å². The van der Waals surface area contributed by atoms with Crippen LogP contribution >= 0.6 is 11.3 Å². The van der Waals surface area contributed by atoms with E-state index in [1.165, 1.54) is 10.4 Å². The molecular formula is C18H26N4OS. The highest BCUT2D eigenvalue weighted by Gasteiger charge is 2.33. The molecule has 0 aliphatic carbocycles. The molecule has 6 heteroatoms. The standard InChI is InChI=1S/C18H26N4OS/c1-4-21(5-2)18(23)15-8-6-10-22(15)13-14-12-20(3)19-17(14)16-9-7-11-24-16/h7,9,11-12,15H,4-6,8,10,13H2,1-3H3/t15-/m0/s1. The van der Waals surface area contributed by atoms with Gasteiger partial charge >= 0.3 is 0 Å². The van der Waals surface area contributed by atoms with Crippen molar-refractivity contribution in [1.82, 2.24) is 19.6 Å². The van der Waals surface area contributed by atoms with Crippen LogP contribution in [0, 0.1) is 0 Å². The minimum absolute atomic E-state index is 0.0151. The topological polar surface area (TPSA) is 41.4 Å². The smallest absolute Gasteiger partial charge is 0.239 e. The fraction of sp³-hybridized carbons (Fsp3) is 0.556. The Kier molecular flexibility index (Phi) is 5.36. The predicted octanol–water partition coefficient (Wildman–Crippen LogP) is 2.98. The van der Waals surface area contributed by atoms with E-state index < -0.39 is 0 Å². The molecule has 130 valence electrons. The van der Waals surface area contributed by atoms with Gasteiger partial charge in [-0.05, 0) is 44.7 Å². The van der Waals surface area contributed by atoms with E-state index in [4.69, 9.17) is 0 Å². The number of likely N-dealkylation sites (N-methyl/N-ethyl adjacent to an activating group) is 1. The summed E-state index contributed by atoms with van der Waals surface area (Å²) in [4.78, 5) is 18.3. The minimum Gasteiger partial charge on any atom is -0.342 e. The lowest BCUT2D eigenvalue weighted by atomic mass is 10.1. The van der Waals surface area contributed by atoms with Crippen LogP contribution in [0.5, 0.6) is 0 Å². The van der Waals surface area contributed by atoms with Gasteiger partial charge in [-0.25, -0.2) is 0 Å². The molecule has 3 rings (SSSR count). The second-order valence-corrected chi connectivity index (χ2v) is 7.24. The lowest BCUT2D eigenvalue weighted by Gasteiger charge is -2.28. The largest absolute Gasteiger partial charge is 0.342 e. The number of rotatable bonds is 6. The Morgan fingerprint density at radius 2 is 2.21 bits per heavy atom. The number of hydrogen-bond acceptors (Lipinski definition) is 4. The maximum atomic E-state index is 12.8. The number of thiophene rings is 1. The molecule has 0 spiro atoms. The first-order valence-corrected chi connectivity index (χ1v) is 9.61. The fourth-order valence-corrected chi connectivity index (χ4v) is 4.28. The van der Waals surface area contributed by atoms with Crippen LogP contribution in [0.4, 0.5) is 0 Å². The normalized spacial score (nSPS) is 18.2. The quantitative estimate of drug-likeness (QED) is 0.807. The van der Waals surface area contributed by atoms with Crippen LogP contribution in [0.3, 0.4) is 0 Å². The first kappa shape index (κ1) is 17.2. The molecule has 0 unspecified atom stereocenters. The first-order chi connectivity index (χ1) is 11.6. The molecular weight excluding hydrogens is 320 g/mol. The van der Waals surface area contributed by atoms with E-state index in [1.807, 2.05) is 16.6 Å². The zero-order valence-electron chi connectivity index (χ0n) is 14.7. The van der Waals surface area contributed by atoms with Gasteiger partial charge in [0.1, 0.15) is 5.69 Å². The van der Waals surface area contributed by atoms with Gasteiger partial charge in [-0.2, -0.15) is 5.10 Å². The molecule has 0 aromatic carbocycles. The number of carbonyl (C=O) groups is 1. The SMILES string of the molecule is CCN(CC)C(=O)[C@@H]1CCCN1Cc1cn(C)nc1-c1cccs1. The van der Waals surface area contributed by atoms with Gasteiger partial charge in [-0.15, -0.1) is 11.3 Å². The van der Waals surface area contributed by atoms with Crippen molar-refractivity contribution in [1.29, 1.82) is 0 Å². The molecule has 2 aromatic rings. The van der Waals surface area contributed by atoms with Gasteiger partial charge in [-0.1, -0.05) is 6.07 Å². The van der Waals surface area contributed by atoms with Gasteiger partial charge in [0.25, 0.3) is 0 Å². The number of hydrogen-bond donors (Lipinski definition) is 0. The highest BCUT2D eigenvalue weighted by atomic mass is 32.1. The molecule has 1 aliphatic heterocycles. The van der Waals surface area contributed by atoms with Crippen LogP contribution in [-0.4, -0.2) is 51.2 Å². The summed E-state index contributed by atoms with van der Waals surface area (Å²) in [6, 6.07) is 4.18. The van der Waals surface area contributed by atoms with E-state index in [9.17, 15) is 4.79 Å². The van der Waals surface area contributed by atoms with Crippen LogP contribution in [0.1, 0.15) is 32.3 Å². The summed E-state index contributed by atoms with van der Waals surface area (Å²) >= 11 is 1.71. The molecule has 0 saturated carbocycles. The first-order valence-electron chi connectivity index (χ1n) is 8.73. The third-order valence-electron chi connectivity index (χ3n) is 4.76. The summed E-state index contributed by atoms with van der Waals surface area (Å²) in [5.41, 5.74) is 2.26. The minimum atomic E-state index is 0.0151. The number of carbonyl (C=O) groups excluding carboxylic acids is 1. The second kappa shape index (κ2) is 7.49. The molecule has 0 bridgehead atoms. The molecule has 5 nitrogen and oxygen atoms in total. The van der Waals surface area contributed by atoms with Crippen molar-refractivity contribution in [2.24, 2.45) is 7.05 Å². The summed E-state index contributed by atoms with van der Waals surface area (Å²) < 4.78 is 1.88. The van der Waals surface area contributed by atoms with Crippen molar-refractivity contribution >= 4 is 17.2 Å². The molecule has 1 saturated heterocycles. The van der Waals surface area contributed by atoms with Crippen molar-refractivity contribution in [3.05, 3.63) is 29.3 Å². The number of aromatic nitrogens is 2. The van der Waals surface area contributed by atoms with Gasteiger partial charge in [0.05, 0.1) is 10.9 Å². The Morgan fingerprint density at radius 1 is 1.42 bits per heavy atom. The third-order valence-corrected chi connectivity index (χ3v) is 5.63. The van der Waals surface area contributed by atoms with E-state index in [1.54, 1.807) is 11.3 Å². The summed E-state index contributed by atoms with van der Waals surface area (Å²) in [5, 5.41) is 6.72. The van der Waals surface area contributed by atoms with Gasteiger partial charge in [-0.3, -0.25) is 14.4 Å². The fourth-order valence-electron chi connectivity index (χ4n) is 3.53. The van der Waals surface area contributed by atoms with Crippen LogP contribution in [0.25, 0.3) is 10.6 Å². The zero-order valence-corrected chi connectivity index (χ0v) is 15.6. The van der Waals surface area contributed by atoms with Crippen molar-refractivity contribution in [2.75, 3.05) is 19.6 Å². The predicted molar refractivity (Wildman–Crippen MR) is 97.9 cm³/mol. The Labute approximate surface area is 147 Å². The van der Waals surface area contributed by atoms with Gasteiger partial charge in [0, 0.05) is 38.4 Å². The molecule has 1 fully saturated rings. The lowest BCUT2D eigenvalue weighted by molar-refractivity contribution is -0.135. The molecule has 1 atom stereocenters. The molecule has 0 N–H and O–H groups in total. The molecule has 2 aromatic heterocycles. The zero-order chi connectivity index (χ0) is 17.1. The average molecular weight is 346 g/mol. The average Bonchev–Trinajstić information content (AvgIpc) is 3.29. The Balaban J connectivity index is 1.79. The van der Waals surface area contributed by atoms with Gasteiger partial charge in [0.2, 0.25) is 5.91 Å². The van der Waals surface area contributed by atoms with Gasteiger partial charge in [0.15, 0.2) is 0 Å². The van der Waals surface area contributed by atoms with Crippen LogP contribution in [0.2, 0.25) is 0 Å². The second-order valence-electron chi connectivity index (χ2n) is 6.29. The molecule has 24 heavy (non-hydrogen) atoms. The van der Waals surface area contributed by atoms with E-state index in [0.717, 1.165) is 44.7 Å². The van der Waals surface area contributed by atoms with Crippen molar-refractivity contribution in [3.8, 4) is 10.6 Å². The Bertz CT molecular complexity index is 675.